The van der Waals surface area contributed by atoms with Gasteiger partial charge in [-0.1, -0.05) is 0 Å². The molecule has 0 spiro atoms. The molecule has 0 unspecified atom stereocenters. The van der Waals surface area contributed by atoms with Gasteiger partial charge in [-0.05, 0) is 12.1 Å². The van der Waals surface area contributed by atoms with Crippen molar-refractivity contribution in [2.75, 3.05) is 0 Å². The van der Waals surface area contributed by atoms with Crippen LogP contribution in [-0.2, 0) is 0 Å². The van der Waals surface area contributed by atoms with Gasteiger partial charge in [-0.25, -0.2) is 0 Å². The summed E-state index contributed by atoms with van der Waals surface area (Å²) in [6.07, 6.45) is 0.561. The normalized spacial score (nSPS) is 10.3. The molecule has 1 aromatic heterocycles. The van der Waals surface area contributed by atoms with Crippen molar-refractivity contribution in [3.63, 3.8) is 0 Å². The molecule has 0 radical (unpaired) electrons. The summed E-state index contributed by atoms with van der Waals surface area (Å²) < 4.78 is 5.04. The van der Waals surface area contributed by atoms with Crippen LogP contribution in [0.4, 0.5) is 5.69 Å². The molecule has 0 aliphatic heterocycles. The van der Waals surface area contributed by atoms with Gasteiger partial charge in [-0.15, -0.1) is 0 Å². The molecule has 2 rings (SSSR count). The van der Waals surface area contributed by atoms with Gasteiger partial charge in [0, 0.05) is 11.5 Å². The molecule has 0 saturated heterocycles. The van der Waals surface area contributed by atoms with Crippen molar-refractivity contribution < 1.29 is 14.1 Å². The molecule has 0 N–H and O–H groups in total. The van der Waals surface area contributed by atoms with Gasteiger partial charge in [0.25, 0.3) is 5.69 Å². The fraction of sp³-hybridized carbons (Fsp3) is 0. The van der Waals surface area contributed by atoms with Crippen LogP contribution in [0, 0.1) is 10.1 Å². The lowest BCUT2D eigenvalue weighted by atomic mass is 10.2. The Morgan fingerprint density at radius 1 is 1.36 bits per heavy atom. The predicted molar refractivity (Wildman–Crippen MR) is 48.3 cm³/mol. The average Bonchev–Trinajstić information content (AvgIpc) is 2.58. The van der Waals surface area contributed by atoms with E-state index in [-0.39, 0.29) is 11.4 Å². The minimum absolute atomic E-state index is 0.0516. The van der Waals surface area contributed by atoms with Crippen molar-refractivity contribution in [2.24, 2.45) is 0 Å². The molecule has 70 valence electrons. The van der Waals surface area contributed by atoms with Crippen LogP contribution in [0.25, 0.3) is 11.0 Å². The number of non-ortho nitro benzene ring substituents is 1. The molecule has 0 saturated carbocycles. The van der Waals surface area contributed by atoms with Crippen LogP contribution in [0.1, 0.15) is 10.6 Å². The van der Waals surface area contributed by atoms with Gasteiger partial charge in [-0.2, -0.15) is 0 Å². The number of hydrogen-bond donors (Lipinski definition) is 0. The summed E-state index contributed by atoms with van der Waals surface area (Å²) in [5.41, 5.74) is 0.297. The van der Waals surface area contributed by atoms with Crippen molar-refractivity contribution in [3.8, 4) is 0 Å². The molecule has 0 fully saturated rings. The Labute approximate surface area is 78.1 Å². The number of furan rings is 1. The highest BCUT2D eigenvalue weighted by Crippen LogP contribution is 2.23. The van der Waals surface area contributed by atoms with Crippen LogP contribution in [-0.4, -0.2) is 11.2 Å². The van der Waals surface area contributed by atoms with Crippen LogP contribution in [0.3, 0.4) is 0 Å². The second kappa shape index (κ2) is 2.95. The summed E-state index contributed by atoms with van der Waals surface area (Å²) in [5.74, 6) is 0.167. The van der Waals surface area contributed by atoms with Crippen molar-refractivity contribution in [3.05, 3.63) is 40.1 Å². The number of hydrogen-bond acceptors (Lipinski definition) is 4. The highest BCUT2D eigenvalue weighted by Gasteiger charge is 2.09. The van der Waals surface area contributed by atoms with E-state index in [4.69, 9.17) is 4.42 Å². The number of carbonyl (C=O) groups is 1. The average molecular weight is 191 g/mol. The second-order valence-corrected chi connectivity index (χ2v) is 2.75. The lowest BCUT2D eigenvalue weighted by Gasteiger charge is -1.89. The molecular formula is C9H5NO4. The zero-order valence-electron chi connectivity index (χ0n) is 6.97. The number of nitrogens with zero attached hydrogens (tertiary/aromatic N) is 1. The van der Waals surface area contributed by atoms with Gasteiger partial charge < -0.3 is 4.42 Å². The Kier molecular flexibility index (Phi) is 1.78. The number of benzene rings is 1. The third-order valence-electron chi connectivity index (χ3n) is 1.85. The number of rotatable bonds is 2. The lowest BCUT2D eigenvalue weighted by Crippen LogP contribution is -1.85. The van der Waals surface area contributed by atoms with E-state index in [1.165, 1.54) is 18.2 Å². The molecule has 0 amide bonds. The minimum atomic E-state index is -0.511. The van der Waals surface area contributed by atoms with Gasteiger partial charge in [0.05, 0.1) is 11.0 Å². The van der Waals surface area contributed by atoms with E-state index in [1.54, 1.807) is 6.07 Å². The number of nitro benzene ring substituents is 1. The number of nitro groups is 1. The maximum atomic E-state index is 10.4. The third kappa shape index (κ3) is 1.24. The fourth-order valence-electron chi connectivity index (χ4n) is 1.21. The van der Waals surface area contributed by atoms with Crippen LogP contribution in [0.2, 0.25) is 0 Å². The van der Waals surface area contributed by atoms with Gasteiger partial charge in [-0.3, -0.25) is 14.9 Å². The van der Waals surface area contributed by atoms with Crippen molar-refractivity contribution in [1.29, 1.82) is 0 Å². The van der Waals surface area contributed by atoms with E-state index in [0.717, 1.165) is 0 Å². The quantitative estimate of drug-likeness (QED) is 0.414. The molecule has 14 heavy (non-hydrogen) atoms. The van der Waals surface area contributed by atoms with E-state index in [1.807, 2.05) is 0 Å². The summed E-state index contributed by atoms with van der Waals surface area (Å²) in [5, 5.41) is 11.1. The first-order valence-electron chi connectivity index (χ1n) is 3.84. The minimum Gasteiger partial charge on any atom is -0.453 e. The summed E-state index contributed by atoms with van der Waals surface area (Å²) in [4.78, 5) is 20.3. The maximum Gasteiger partial charge on any atom is 0.273 e. The number of carbonyl (C=O) groups excluding carboxylic acids is 1. The molecule has 0 aliphatic rings. The SMILES string of the molecule is O=Cc1cc2ccc([N+](=O)[O-])cc2o1. The topological polar surface area (TPSA) is 73.3 Å². The van der Waals surface area contributed by atoms with Crippen LogP contribution < -0.4 is 0 Å². The first kappa shape index (κ1) is 8.43. The zero-order valence-corrected chi connectivity index (χ0v) is 6.97. The number of aldehydes is 1. The molecule has 5 nitrogen and oxygen atoms in total. The van der Waals surface area contributed by atoms with Gasteiger partial charge >= 0.3 is 0 Å². The second-order valence-electron chi connectivity index (χ2n) is 2.75. The Morgan fingerprint density at radius 2 is 2.14 bits per heavy atom. The summed E-state index contributed by atoms with van der Waals surface area (Å²) in [6, 6.07) is 5.74. The molecule has 1 aromatic carbocycles. The smallest absolute Gasteiger partial charge is 0.273 e. The molecular weight excluding hydrogens is 186 g/mol. The molecule has 5 heteroatoms. The van der Waals surface area contributed by atoms with Crippen molar-refractivity contribution >= 4 is 22.9 Å². The largest absolute Gasteiger partial charge is 0.453 e. The first-order chi connectivity index (χ1) is 6.70. The highest BCUT2D eigenvalue weighted by molar-refractivity contribution is 5.86. The van der Waals surface area contributed by atoms with E-state index >= 15 is 0 Å². The highest BCUT2D eigenvalue weighted by atomic mass is 16.6. The maximum absolute atomic E-state index is 10.4. The zero-order chi connectivity index (χ0) is 10.1. The predicted octanol–water partition coefficient (Wildman–Crippen LogP) is 2.15. The monoisotopic (exact) mass is 191 g/mol. The Bertz CT molecular complexity index is 515. The fourth-order valence-corrected chi connectivity index (χ4v) is 1.21. The summed E-state index contributed by atoms with van der Waals surface area (Å²) in [7, 11) is 0. The summed E-state index contributed by atoms with van der Waals surface area (Å²) >= 11 is 0. The Balaban J connectivity index is 2.65. The van der Waals surface area contributed by atoms with Crippen molar-refractivity contribution in [2.45, 2.75) is 0 Å². The Morgan fingerprint density at radius 3 is 2.79 bits per heavy atom. The molecule has 1 heterocycles. The lowest BCUT2D eigenvalue weighted by molar-refractivity contribution is -0.384. The van der Waals surface area contributed by atoms with Crippen molar-refractivity contribution in [1.82, 2.24) is 0 Å². The molecule has 2 aromatic rings. The van der Waals surface area contributed by atoms with E-state index in [0.29, 0.717) is 17.3 Å². The first-order valence-corrected chi connectivity index (χ1v) is 3.84. The third-order valence-corrected chi connectivity index (χ3v) is 1.85. The molecule has 0 atom stereocenters. The number of fused-ring (bicyclic) bond motifs is 1. The van der Waals surface area contributed by atoms with E-state index in [9.17, 15) is 14.9 Å². The summed E-state index contributed by atoms with van der Waals surface area (Å²) in [6.45, 7) is 0. The van der Waals surface area contributed by atoms with Crippen LogP contribution in [0.15, 0.2) is 28.7 Å². The Hall–Kier alpha value is -2.17. The van der Waals surface area contributed by atoms with Crippen LogP contribution >= 0.6 is 0 Å². The standard InChI is InChI=1S/C9H5NO4/c11-5-8-3-6-1-2-7(10(12)13)4-9(6)14-8/h1-5H. The van der Waals surface area contributed by atoms with Gasteiger partial charge in [0.15, 0.2) is 12.0 Å². The van der Waals surface area contributed by atoms with Gasteiger partial charge in [0.2, 0.25) is 0 Å². The van der Waals surface area contributed by atoms with E-state index in [2.05, 4.69) is 0 Å². The van der Waals surface area contributed by atoms with Crippen LogP contribution in [0.5, 0.6) is 0 Å². The van der Waals surface area contributed by atoms with Gasteiger partial charge in [0.1, 0.15) is 5.58 Å². The molecule has 0 aliphatic carbocycles. The van der Waals surface area contributed by atoms with E-state index < -0.39 is 4.92 Å². The molecule has 0 bridgehead atoms.